The number of nitrogens with one attached hydrogen (secondary N) is 1. The minimum absolute atomic E-state index is 0.205. The molecule has 0 radical (unpaired) electrons. The van der Waals surface area contributed by atoms with Crippen molar-refractivity contribution in [2.75, 3.05) is 31.1 Å². The summed E-state index contributed by atoms with van der Waals surface area (Å²) in [6.07, 6.45) is 0.205. The van der Waals surface area contributed by atoms with Crippen molar-refractivity contribution >= 4 is 17.5 Å². The summed E-state index contributed by atoms with van der Waals surface area (Å²) in [4.78, 5) is 27.8. The lowest BCUT2D eigenvalue weighted by atomic mass is 10.2. The number of amides is 2. The van der Waals surface area contributed by atoms with Crippen LogP contribution in [0.3, 0.4) is 0 Å². The van der Waals surface area contributed by atoms with Gasteiger partial charge in [0.05, 0.1) is 18.2 Å². The molecule has 106 valence electrons. The molecule has 0 spiro atoms. The first-order valence-electron chi connectivity index (χ1n) is 6.74. The van der Waals surface area contributed by atoms with E-state index in [4.69, 9.17) is 0 Å². The maximum Gasteiger partial charge on any atom is 0.251 e. The standard InChI is InChI=1S/C14H16FN3O2/c15-10-1-3-11(4-2-10)18-13(19)9-12(14(18)20)17-7-5-16-6-8-17/h1-4,12,16H,5-9H2. The highest BCUT2D eigenvalue weighted by Gasteiger charge is 2.42. The zero-order chi connectivity index (χ0) is 14.1. The van der Waals surface area contributed by atoms with Gasteiger partial charge < -0.3 is 5.32 Å². The molecule has 1 aromatic rings. The lowest BCUT2D eigenvalue weighted by molar-refractivity contribution is -0.123. The highest BCUT2D eigenvalue weighted by atomic mass is 19.1. The van der Waals surface area contributed by atoms with Crippen LogP contribution in [0.2, 0.25) is 0 Å². The normalized spacial score (nSPS) is 24.4. The third kappa shape index (κ3) is 2.32. The molecular formula is C14H16FN3O2. The molecule has 1 aromatic carbocycles. The topological polar surface area (TPSA) is 52.7 Å². The first kappa shape index (κ1) is 13.2. The predicted molar refractivity (Wildman–Crippen MR) is 71.7 cm³/mol. The molecule has 2 amide bonds. The molecule has 1 N–H and O–H groups in total. The molecule has 2 fully saturated rings. The largest absolute Gasteiger partial charge is 0.314 e. The predicted octanol–water partition coefficient (Wildman–Crippen LogP) is 0.363. The van der Waals surface area contributed by atoms with Gasteiger partial charge in [0.2, 0.25) is 5.91 Å². The fourth-order valence-electron chi connectivity index (χ4n) is 2.76. The van der Waals surface area contributed by atoms with Crippen LogP contribution in [-0.4, -0.2) is 48.9 Å². The van der Waals surface area contributed by atoms with Crippen molar-refractivity contribution in [1.29, 1.82) is 0 Å². The molecule has 2 aliphatic rings. The maximum atomic E-state index is 12.9. The van der Waals surface area contributed by atoms with Gasteiger partial charge in [-0.2, -0.15) is 0 Å². The number of hydrogen-bond donors (Lipinski definition) is 1. The number of piperazine rings is 1. The van der Waals surface area contributed by atoms with Gasteiger partial charge in [-0.15, -0.1) is 0 Å². The second-order valence-corrected chi connectivity index (χ2v) is 5.05. The van der Waals surface area contributed by atoms with Crippen LogP contribution >= 0.6 is 0 Å². The second kappa shape index (κ2) is 5.30. The van der Waals surface area contributed by atoms with E-state index in [0.717, 1.165) is 26.2 Å². The highest BCUT2D eigenvalue weighted by Crippen LogP contribution is 2.25. The molecule has 2 aliphatic heterocycles. The van der Waals surface area contributed by atoms with Crippen molar-refractivity contribution in [3.63, 3.8) is 0 Å². The Hall–Kier alpha value is -1.79. The highest BCUT2D eigenvalue weighted by molar-refractivity contribution is 6.22. The number of hydrogen-bond acceptors (Lipinski definition) is 4. The van der Waals surface area contributed by atoms with Crippen molar-refractivity contribution in [3.8, 4) is 0 Å². The summed E-state index contributed by atoms with van der Waals surface area (Å²) < 4.78 is 12.9. The van der Waals surface area contributed by atoms with Gasteiger partial charge in [0.25, 0.3) is 5.91 Å². The number of rotatable bonds is 2. The Bertz CT molecular complexity index is 526. The van der Waals surface area contributed by atoms with Crippen molar-refractivity contribution < 1.29 is 14.0 Å². The summed E-state index contributed by atoms with van der Waals surface area (Å²) in [5.74, 6) is -0.805. The molecule has 6 heteroatoms. The van der Waals surface area contributed by atoms with E-state index in [1.165, 1.54) is 29.2 Å². The van der Waals surface area contributed by atoms with Crippen LogP contribution < -0.4 is 10.2 Å². The summed E-state index contributed by atoms with van der Waals surface area (Å²) >= 11 is 0. The van der Waals surface area contributed by atoms with E-state index in [0.29, 0.717) is 5.69 Å². The number of nitrogens with zero attached hydrogens (tertiary/aromatic N) is 2. The summed E-state index contributed by atoms with van der Waals surface area (Å²) in [6.45, 7) is 3.19. The Morgan fingerprint density at radius 3 is 2.40 bits per heavy atom. The SMILES string of the molecule is O=C1CC(N2CCNCC2)C(=O)N1c1ccc(F)cc1. The Morgan fingerprint density at radius 2 is 1.75 bits per heavy atom. The molecule has 0 bridgehead atoms. The smallest absolute Gasteiger partial charge is 0.251 e. The Kier molecular flexibility index (Phi) is 3.50. The van der Waals surface area contributed by atoms with Gasteiger partial charge in [0.15, 0.2) is 0 Å². The third-order valence-electron chi connectivity index (χ3n) is 3.80. The van der Waals surface area contributed by atoms with Gasteiger partial charge in [-0.05, 0) is 24.3 Å². The summed E-state index contributed by atoms with van der Waals surface area (Å²) in [5.41, 5.74) is 0.444. The van der Waals surface area contributed by atoms with Crippen molar-refractivity contribution in [1.82, 2.24) is 10.2 Å². The third-order valence-corrected chi connectivity index (χ3v) is 3.80. The van der Waals surface area contributed by atoms with E-state index in [1.54, 1.807) is 0 Å². The first-order valence-corrected chi connectivity index (χ1v) is 6.74. The minimum atomic E-state index is -0.383. The van der Waals surface area contributed by atoms with Gasteiger partial charge in [-0.3, -0.25) is 14.5 Å². The summed E-state index contributed by atoms with van der Waals surface area (Å²) in [6, 6.07) is 5.06. The van der Waals surface area contributed by atoms with E-state index in [-0.39, 0.29) is 30.1 Å². The van der Waals surface area contributed by atoms with E-state index in [2.05, 4.69) is 5.32 Å². The Balaban J connectivity index is 1.81. The van der Waals surface area contributed by atoms with Crippen LogP contribution in [0.5, 0.6) is 0 Å². The molecule has 0 aromatic heterocycles. The van der Waals surface area contributed by atoms with Crippen molar-refractivity contribution in [2.45, 2.75) is 12.5 Å². The summed E-state index contributed by atoms with van der Waals surface area (Å²) in [7, 11) is 0. The van der Waals surface area contributed by atoms with Gasteiger partial charge in [-0.25, -0.2) is 9.29 Å². The quantitative estimate of drug-likeness (QED) is 0.793. The van der Waals surface area contributed by atoms with Gasteiger partial charge >= 0.3 is 0 Å². The fourth-order valence-corrected chi connectivity index (χ4v) is 2.76. The zero-order valence-electron chi connectivity index (χ0n) is 11.0. The number of halogens is 1. The molecule has 0 aliphatic carbocycles. The van der Waals surface area contributed by atoms with Crippen LogP contribution in [-0.2, 0) is 9.59 Å². The monoisotopic (exact) mass is 277 g/mol. The molecule has 3 rings (SSSR count). The van der Waals surface area contributed by atoms with E-state index < -0.39 is 0 Å². The van der Waals surface area contributed by atoms with E-state index in [1.807, 2.05) is 4.90 Å². The van der Waals surface area contributed by atoms with Gasteiger partial charge in [-0.1, -0.05) is 0 Å². The van der Waals surface area contributed by atoms with Crippen LogP contribution in [0.1, 0.15) is 6.42 Å². The van der Waals surface area contributed by atoms with E-state index >= 15 is 0 Å². The molecule has 20 heavy (non-hydrogen) atoms. The number of carbonyl (C=O) groups excluding carboxylic acids is 2. The van der Waals surface area contributed by atoms with Gasteiger partial charge in [0, 0.05) is 26.2 Å². The Labute approximate surface area is 116 Å². The van der Waals surface area contributed by atoms with E-state index in [9.17, 15) is 14.0 Å². The van der Waals surface area contributed by atoms with Gasteiger partial charge in [0.1, 0.15) is 5.82 Å². The zero-order valence-corrected chi connectivity index (χ0v) is 11.0. The molecule has 2 heterocycles. The van der Waals surface area contributed by atoms with Crippen LogP contribution in [0.15, 0.2) is 24.3 Å². The molecule has 1 unspecified atom stereocenters. The van der Waals surface area contributed by atoms with Crippen molar-refractivity contribution in [3.05, 3.63) is 30.1 Å². The lowest BCUT2D eigenvalue weighted by Gasteiger charge is -2.31. The molecule has 1 atom stereocenters. The average Bonchev–Trinajstić information content (AvgIpc) is 2.76. The number of imide groups is 1. The first-order chi connectivity index (χ1) is 9.66. The molecular weight excluding hydrogens is 261 g/mol. The second-order valence-electron chi connectivity index (χ2n) is 5.05. The summed E-state index contributed by atoms with van der Waals surface area (Å²) in [5, 5.41) is 3.22. The molecule has 2 saturated heterocycles. The number of anilines is 1. The van der Waals surface area contributed by atoms with Crippen LogP contribution in [0.4, 0.5) is 10.1 Å². The number of carbonyl (C=O) groups is 2. The average molecular weight is 277 g/mol. The molecule has 0 saturated carbocycles. The van der Waals surface area contributed by atoms with Crippen LogP contribution in [0.25, 0.3) is 0 Å². The molecule has 5 nitrogen and oxygen atoms in total. The Morgan fingerprint density at radius 1 is 1.10 bits per heavy atom. The minimum Gasteiger partial charge on any atom is -0.314 e. The van der Waals surface area contributed by atoms with Crippen molar-refractivity contribution in [2.24, 2.45) is 0 Å². The van der Waals surface area contributed by atoms with Crippen LogP contribution in [0, 0.1) is 5.82 Å². The maximum absolute atomic E-state index is 12.9. The number of benzene rings is 1. The fraction of sp³-hybridized carbons (Fsp3) is 0.429. The lowest BCUT2D eigenvalue weighted by Crippen LogP contribution is -2.51.